The molecule has 0 aliphatic carbocycles. The predicted molar refractivity (Wildman–Crippen MR) is 91.3 cm³/mol. The average molecular weight is 335 g/mol. The molecule has 0 aliphatic rings. The Hall–Kier alpha value is -2.34. The predicted octanol–water partition coefficient (Wildman–Crippen LogP) is 2.27. The van der Waals surface area contributed by atoms with Gasteiger partial charge in [0.05, 0.1) is 13.2 Å². The molecule has 0 bridgehead atoms. The number of carbonyl (C=O) groups excluding carboxylic acids is 1. The first-order valence-corrected chi connectivity index (χ1v) is 7.79. The third kappa shape index (κ3) is 6.42. The second-order valence-electron chi connectivity index (χ2n) is 5.77. The van der Waals surface area contributed by atoms with Crippen molar-refractivity contribution in [2.24, 2.45) is 0 Å². The number of carbonyl (C=O) groups is 2. The molecule has 0 radical (unpaired) electrons. The van der Waals surface area contributed by atoms with Crippen LogP contribution in [-0.2, 0) is 14.3 Å². The van der Waals surface area contributed by atoms with Crippen molar-refractivity contribution in [2.75, 3.05) is 19.8 Å². The molecule has 0 saturated carbocycles. The van der Waals surface area contributed by atoms with E-state index in [1.807, 2.05) is 39.0 Å². The Morgan fingerprint density at radius 1 is 1.38 bits per heavy atom. The van der Waals surface area contributed by atoms with E-state index >= 15 is 0 Å². The molecule has 1 aromatic rings. The third-order valence-corrected chi connectivity index (χ3v) is 3.30. The Labute approximate surface area is 142 Å². The second-order valence-corrected chi connectivity index (χ2v) is 5.77. The van der Waals surface area contributed by atoms with Crippen molar-refractivity contribution in [3.8, 4) is 5.75 Å². The van der Waals surface area contributed by atoms with Gasteiger partial charge >= 0.3 is 5.97 Å². The van der Waals surface area contributed by atoms with Crippen LogP contribution in [0.5, 0.6) is 5.75 Å². The number of rotatable bonds is 10. The number of aryl methyl sites for hydroxylation is 1. The number of benzene rings is 1. The number of carboxylic acids is 1. The fourth-order valence-corrected chi connectivity index (χ4v) is 2.07. The van der Waals surface area contributed by atoms with Crippen molar-refractivity contribution in [3.05, 3.63) is 42.0 Å². The van der Waals surface area contributed by atoms with Gasteiger partial charge in [-0.3, -0.25) is 4.79 Å². The Balaban J connectivity index is 2.63. The Bertz CT molecular complexity index is 583. The van der Waals surface area contributed by atoms with Gasteiger partial charge in [0.15, 0.2) is 12.6 Å². The fourth-order valence-electron chi connectivity index (χ4n) is 2.07. The molecule has 0 saturated heterocycles. The third-order valence-electron chi connectivity index (χ3n) is 3.30. The first kappa shape index (κ1) is 19.7. The molecule has 2 N–H and O–H groups in total. The molecule has 0 aliphatic heterocycles. The first-order valence-electron chi connectivity index (χ1n) is 7.79. The van der Waals surface area contributed by atoms with Crippen molar-refractivity contribution >= 4 is 11.9 Å². The normalized spacial score (nSPS) is 11.8. The van der Waals surface area contributed by atoms with Gasteiger partial charge < -0.3 is 19.9 Å². The number of nitrogens with one attached hydrogen (secondary N) is 1. The Morgan fingerprint density at radius 2 is 2.08 bits per heavy atom. The maximum atomic E-state index is 12.0. The van der Waals surface area contributed by atoms with Gasteiger partial charge in [-0.25, -0.2) is 4.79 Å². The van der Waals surface area contributed by atoms with Crippen molar-refractivity contribution in [1.29, 1.82) is 0 Å². The van der Waals surface area contributed by atoms with Crippen LogP contribution < -0.4 is 10.1 Å². The van der Waals surface area contributed by atoms with Crippen molar-refractivity contribution in [2.45, 2.75) is 32.7 Å². The highest BCUT2D eigenvalue weighted by Gasteiger charge is 2.20. The molecule has 132 valence electrons. The van der Waals surface area contributed by atoms with Gasteiger partial charge in [0.2, 0.25) is 0 Å². The zero-order chi connectivity index (χ0) is 18.1. The molecule has 1 unspecified atom stereocenters. The van der Waals surface area contributed by atoms with Gasteiger partial charge in [0.1, 0.15) is 5.75 Å². The molecule has 0 fully saturated rings. The lowest BCUT2D eigenvalue weighted by Crippen LogP contribution is -2.45. The molecule has 1 amide bonds. The molecule has 1 rings (SSSR count). The highest BCUT2D eigenvalue weighted by Crippen LogP contribution is 2.27. The summed E-state index contributed by atoms with van der Waals surface area (Å²) in [5.74, 6) is -0.788. The number of hydrogen-bond donors (Lipinski definition) is 2. The lowest BCUT2D eigenvalue weighted by Gasteiger charge is -2.17. The van der Waals surface area contributed by atoms with Crippen LogP contribution in [0, 0.1) is 6.92 Å². The maximum absolute atomic E-state index is 12.0. The van der Waals surface area contributed by atoms with Gasteiger partial charge in [-0.15, -0.1) is 6.58 Å². The minimum absolute atomic E-state index is 0.130. The number of ether oxygens (including phenoxy) is 2. The molecule has 24 heavy (non-hydrogen) atoms. The van der Waals surface area contributed by atoms with Gasteiger partial charge in [0, 0.05) is 0 Å². The number of amides is 1. The molecule has 0 aromatic heterocycles. The van der Waals surface area contributed by atoms with E-state index in [2.05, 4.69) is 11.9 Å². The van der Waals surface area contributed by atoms with Crippen LogP contribution in [0.25, 0.3) is 0 Å². The molecule has 1 atom stereocenters. The molecule has 6 heteroatoms. The Morgan fingerprint density at radius 3 is 2.67 bits per heavy atom. The van der Waals surface area contributed by atoms with Crippen molar-refractivity contribution in [1.82, 2.24) is 5.32 Å². The van der Waals surface area contributed by atoms with E-state index in [0.717, 1.165) is 11.1 Å². The first-order chi connectivity index (χ1) is 11.3. The lowest BCUT2D eigenvalue weighted by molar-refractivity contribution is -0.143. The summed E-state index contributed by atoms with van der Waals surface area (Å²) in [5.41, 5.74) is 2.02. The standard InChI is InChI=1S/C18H25NO5/c1-5-8-23-10-15(18(21)22)19-17(20)11-24-16-9-13(4)6-7-14(16)12(2)3/h5-7,9,12,15H,1,8,10-11H2,2-4H3,(H,19,20)(H,21,22). The van der Waals surface area contributed by atoms with Gasteiger partial charge in [-0.1, -0.05) is 32.1 Å². The minimum atomic E-state index is -1.16. The van der Waals surface area contributed by atoms with Crippen LogP contribution in [0.4, 0.5) is 0 Å². The summed E-state index contributed by atoms with van der Waals surface area (Å²) in [7, 11) is 0. The molecular formula is C18H25NO5. The highest BCUT2D eigenvalue weighted by atomic mass is 16.5. The Kier molecular flexibility index (Phi) is 7.98. The van der Waals surface area contributed by atoms with Gasteiger partial charge in [0.25, 0.3) is 5.91 Å². The summed E-state index contributed by atoms with van der Waals surface area (Å²) in [6, 6.07) is 4.70. The van der Waals surface area contributed by atoms with E-state index in [1.54, 1.807) is 0 Å². The molecule has 1 aromatic carbocycles. The fraction of sp³-hybridized carbons (Fsp3) is 0.444. The van der Waals surface area contributed by atoms with E-state index in [1.165, 1.54) is 6.08 Å². The second kappa shape index (κ2) is 9.72. The van der Waals surface area contributed by atoms with E-state index in [0.29, 0.717) is 5.75 Å². The van der Waals surface area contributed by atoms with Crippen LogP contribution in [-0.4, -0.2) is 42.8 Å². The molecule has 0 spiro atoms. The van der Waals surface area contributed by atoms with E-state index in [9.17, 15) is 9.59 Å². The zero-order valence-electron chi connectivity index (χ0n) is 14.4. The van der Waals surface area contributed by atoms with Crippen molar-refractivity contribution < 1.29 is 24.2 Å². The molecule has 0 heterocycles. The summed E-state index contributed by atoms with van der Waals surface area (Å²) in [5, 5.41) is 11.5. The zero-order valence-corrected chi connectivity index (χ0v) is 14.4. The topological polar surface area (TPSA) is 84.9 Å². The van der Waals surface area contributed by atoms with E-state index in [-0.39, 0.29) is 25.7 Å². The number of carboxylic acid groups (broad SMARTS) is 1. The SMILES string of the molecule is C=CCOCC(NC(=O)COc1cc(C)ccc1C(C)C)C(=O)O. The smallest absolute Gasteiger partial charge is 0.328 e. The minimum Gasteiger partial charge on any atom is -0.483 e. The van der Waals surface area contributed by atoms with Crippen LogP contribution >= 0.6 is 0 Å². The average Bonchev–Trinajstić information content (AvgIpc) is 2.51. The number of hydrogen-bond acceptors (Lipinski definition) is 4. The maximum Gasteiger partial charge on any atom is 0.328 e. The summed E-state index contributed by atoms with van der Waals surface area (Å²) in [6.07, 6.45) is 1.51. The summed E-state index contributed by atoms with van der Waals surface area (Å²) >= 11 is 0. The van der Waals surface area contributed by atoms with E-state index in [4.69, 9.17) is 14.6 Å². The van der Waals surface area contributed by atoms with Crippen LogP contribution in [0.15, 0.2) is 30.9 Å². The van der Waals surface area contributed by atoms with Crippen molar-refractivity contribution in [3.63, 3.8) is 0 Å². The van der Waals surface area contributed by atoms with Gasteiger partial charge in [-0.2, -0.15) is 0 Å². The monoisotopic (exact) mass is 335 g/mol. The van der Waals surface area contributed by atoms with Crippen LogP contribution in [0.3, 0.4) is 0 Å². The largest absolute Gasteiger partial charge is 0.483 e. The molecular weight excluding hydrogens is 310 g/mol. The van der Waals surface area contributed by atoms with E-state index < -0.39 is 17.9 Å². The van der Waals surface area contributed by atoms with Crippen LogP contribution in [0.1, 0.15) is 30.9 Å². The summed E-state index contributed by atoms with van der Waals surface area (Å²) in [6.45, 7) is 9.32. The molecule has 6 nitrogen and oxygen atoms in total. The summed E-state index contributed by atoms with van der Waals surface area (Å²) in [4.78, 5) is 23.1. The quantitative estimate of drug-likeness (QED) is 0.506. The lowest BCUT2D eigenvalue weighted by atomic mass is 10.0. The summed E-state index contributed by atoms with van der Waals surface area (Å²) < 4.78 is 10.7. The highest BCUT2D eigenvalue weighted by molar-refractivity contribution is 5.84. The number of aliphatic carboxylic acids is 1. The van der Waals surface area contributed by atoms with Crippen LogP contribution in [0.2, 0.25) is 0 Å². The van der Waals surface area contributed by atoms with Gasteiger partial charge in [-0.05, 0) is 30.0 Å².